The van der Waals surface area contributed by atoms with E-state index >= 15 is 0 Å². The fourth-order valence-electron chi connectivity index (χ4n) is 2.01. The number of nitrogens with zero attached hydrogens (tertiary/aromatic N) is 2. The SMILES string of the molecule is Cn1nccc1CCNOC1CCCC1. The van der Waals surface area contributed by atoms with Crippen LogP contribution in [0.15, 0.2) is 12.3 Å². The number of aryl methyl sites for hydroxylation is 1. The van der Waals surface area contributed by atoms with Gasteiger partial charge in [0.15, 0.2) is 0 Å². The van der Waals surface area contributed by atoms with Crippen molar-refractivity contribution in [1.82, 2.24) is 15.3 Å². The lowest BCUT2D eigenvalue weighted by Crippen LogP contribution is -2.24. The Kier molecular flexibility index (Phi) is 3.75. The molecule has 84 valence electrons. The van der Waals surface area contributed by atoms with E-state index < -0.39 is 0 Å². The third-order valence-electron chi connectivity index (χ3n) is 2.96. The summed E-state index contributed by atoms with van der Waals surface area (Å²) in [6, 6.07) is 2.04. The second-order valence-corrected chi connectivity index (χ2v) is 4.11. The fourth-order valence-corrected chi connectivity index (χ4v) is 2.01. The molecule has 0 aromatic carbocycles. The van der Waals surface area contributed by atoms with Gasteiger partial charge in [-0.1, -0.05) is 12.8 Å². The highest BCUT2D eigenvalue weighted by Crippen LogP contribution is 2.19. The highest BCUT2D eigenvalue weighted by Gasteiger charge is 2.15. The Hall–Kier alpha value is -0.870. The molecule has 0 unspecified atom stereocenters. The zero-order valence-corrected chi connectivity index (χ0v) is 9.28. The topological polar surface area (TPSA) is 39.1 Å². The van der Waals surface area contributed by atoms with Gasteiger partial charge in [-0.05, 0) is 18.9 Å². The molecule has 1 aromatic heterocycles. The van der Waals surface area contributed by atoms with Gasteiger partial charge in [-0.3, -0.25) is 9.52 Å². The standard InChI is InChI=1S/C11H19N3O/c1-14-10(6-8-12-14)7-9-13-15-11-4-2-3-5-11/h6,8,11,13H,2-5,7,9H2,1H3. The molecule has 4 heteroatoms. The van der Waals surface area contributed by atoms with E-state index in [2.05, 4.69) is 10.6 Å². The zero-order chi connectivity index (χ0) is 10.5. The maximum atomic E-state index is 5.56. The van der Waals surface area contributed by atoms with Gasteiger partial charge in [-0.15, -0.1) is 0 Å². The van der Waals surface area contributed by atoms with Crippen molar-refractivity contribution in [3.05, 3.63) is 18.0 Å². The molecule has 0 spiro atoms. The fraction of sp³-hybridized carbons (Fsp3) is 0.727. The first-order chi connectivity index (χ1) is 7.36. The second kappa shape index (κ2) is 5.28. The third kappa shape index (κ3) is 3.04. The van der Waals surface area contributed by atoms with Gasteiger partial charge in [0, 0.05) is 31.9 Å². The quantitative estimate of drug-likeness (QED) is 0.589. The van der Waals surface area contributed by atoms with Crippen LogP contribution in [-0.2, 0) is 18.3 Å². The molecule has 4 nitrogen and oxygen atoms in total. The number of nitrogens with one attached hydrogen (secondary N) is 1. The van der Waals surface area contributed by atoms with Crippen molar-refractivity contribution in [2.75, 3.05) is 6.54 Å². The largest absolute Gasteiger partial charge is 0.299 e. The van der Waals surface area contributed by atoms with Crippen LogP contribution in [0.4, 0.5) is 0 Å². The molecule has 0 aliphatic heterocycles. The van der Waals surface area contributed by atoms with Crippen LogP contribution in [-0.4, -0.2) is 22.4 Å². The Balaban J connectivity index is 1.60. The summed E-state index contributed by atoms with van der Waals surface area (Å²) in [7, 11) is 1.97. The van der Waals surface area contributed by atoms with Crippen LogP contribution in [0.2, 0.25) is 0 Å². The molecule has 2 rings (SSSR count). The number of rotatable bonds is 5. The van der Waals surface area contributed by atoms with Crippen molar-refractivity contribution in [3.8, 4) is 0 Å². The van der Waals surface area contributed by atoms with Gasteiger partial charge in [0.25, 0.3) is 0 Å². The monoisotopic (exact) mass is 209 g/mol. The minimum absolute atomic E-state index is 0.441. The Morgan fingerprint density at radius 1 is 1.53 bits per heavy atom. The molecule has 1 saturated carbocycles. The van der Waals surface area contributed by atoms with Gasteiger partial charge >= 0.3 is 0 Å². The summed E-state index contributed by atoms with van der Waals surface area (Å²) < 4.78 is 1.90. The summed E-state index contributed by atoms with van der Waals surface area (Å²) in [6.45, 7) is 0.857. The molecular formula is C11H19N3O. The average Bonchev–Trinajstić information content (AvgIpc) is 2.85. The molecular weight excluding hydrogens is 190 g/mol. The second-order valence-electron chi connectivity index (χ2n) is 4.11. The lowest BCUT2D eigenvalue weighted by molar-refractivity contribution is -0.0200. The molecule has 1 heterocycles. The van der Waals surface area contributed by atoms with E-state index in [4.69, 9.17) is 4.84 Å². The number of hydroxylamine groups is 1. The predicted octanol–water partition coefficient (Wildman–Crippen LogP) is 1.43. The van der Waals surface area contributed by atoms with Gasteiger partial charge in [-0.25, -0.2) is 5.48 Å². The molecule has 0 radical (unpaired) electrons. The zero-order valence-electron chi connectivity index (χ0n) is 9.28. The van der Waals surface area contributed by atoms with Crippen molar-refractivity contribution in [2.45, 2.75) is 38.2 Å². The van der Waals surface area contributed by atoms with E-state index in [0.29, 0.717) is 6.10 Å². The minimum atomic E-state index is 0.441. The van der Waals surface area contributed by atoms with Crippen LogP contribution >= 0.6 is 0 Å². The molecule has 15 heavy (non-hydrogen) atoms. The van der Waals surface area contributed by atoms with E-state index in [9.17, 15) is 0 Å². The van der Waals surface area contributed by atoms with Crippen LogP contribution in [0.25, 0.3) is 0 Å². The molecule has 1 N–H and O–H groups in total. The summed E-state index contributed by atoms with van der Waals surface area (Å²) in [6.07, 6.45) is 8.27. The number of aromatic nitrogens is 2. The van der Waals surface area contributed by atoms with Crippen molar-refractivity contribution < 1.29 is 4.84 Å². The van der Waals surface area contributed by atoms with Gasteiger partial charge in [0.1, 0.15) is 0 Å². The van der Waals surface area contributed by atoms with Crippen LogP contribution < -0.4 is 5.48 Å². The first-order valence-electron chi connectivity index (χ1n) is 5.71. The average molecular weight is 209 g/mol. The van der Waals surface area contributed by atoms with Crippen LogP contribution in [0.5, 0.6) is 0 Å². The van der Waals surface area contributed by atoms with Gasteiger partial charge in [0.05, 0.1) is 6.10 Å². The Labute approximate surface area is 90.6 Å². The normalized spacial score (nSPS) is 17.4. The summed E-state index contributed by atoms with van der Waals surface area (Å²) >= 11 is 0. The van der Waals surface area contributed by atoms with Crippen molar-refractivity contribution in [2.24, 2.45) is 7.05 Å². The molecule has 0 amide bonds. The molecule has 1 aliphatic rings. The molecule has 1 aliphatic carbocycles. The highest BCUT2D eigenvalue weighted by molar-refractivity contribution is 4.99. The third-order valence-corrected chi connectivity index (χ3v) is 2.96. The van der Waals surface area contributed by atoms with E-state index in [0.717, 1.165) is 13.0 Å². The predicted molar refractivity (Wildman–Crippen MR) is 58.3 cm³/mol. The lowest BCUT2D eigenvalue weighted by atomic mass is 10.3. The van der Waals surface area contributed by atoms with E-state index in [1.165, 1.54) is 31.4 Å². The van der Waals surface area contributed by atoms with Gasteiger partial charge < -0.3 is 0 Å². The van der Waals surface area contributed by atoms with Gasteiger partial charge in [-0.2, -0.15) is 5.10 Å². The molecule has 1 fully saturated rings. The Bertz CT molecular complexity index is 292. The summed E-state index contributed by atoms with van der Waals surface area (Å²) in [5, 5.41) is 4.12. The van der Waals surface area contributed by atoms with Crippen LogP contribution in [0, 0.1) is 0 Å². The summed E-state index contributed by atoms with van der Waals surface area (Å²) in [5.74, 6) is 0. The smallest absolute Gasteiger partial charge is 0.0790 e. The van der Waals surface area contributed by atoms with E-state index in [-0.39, 0.29) is 0 Å². The van der Waals surface area contributed by atoms with E-state index in [1.54, 1.807) is 0 Å². The van der Waals surface area contributed by atoms with Crippen molar-refractivity contribution >= 4 is 0 Å². The molecule has 0 atom stereocenters. The summed E-state index contributed by atoms with van der Waals surface area (Å²) in [5.41, 5.74) is 4.29. The van der Waals surface area contributed by atoms with Crippen molar-refractivity contribution in [1.29, 1.82) is 0 Å². The maximum absolute atomic E-state index is 5.56. The van der Waals surface area contributed by atoms with E-state index in [1.807, 2.05) is 24.0 Å². The Morgan fingerprint density at radius 2 is 2.33 bits per heavy atom. The van der Waals surface area contributed by atoms with Crippen LogP contribution in [0.1, 0.15) is 31.4 Å². The first kappa shape index (κ1) is 10.6. The minimum Gasteiger partial charge on any atom is -0.299 e. The highest BCUT2D eigenvalue weighted by atomic mass is 16.7. The Morgan fingerprint density at radius 3 is 3.00 bits per heavy atom. The summed E-state index contributed by atoms with van der Waals surface area (Å²) in [4.78, 5) is 5.56. The van der Waals surface area contributed by atoms with Gasteiger partial charge in [0.2, 0.25) is 0 Å². The van der Waals surface area contributed by atoms with Crippen molar-refractivity contribution in [3.63, 3.8) is 0 Å². The molecule has 0 bridgehead atoms. The van der Waals surface area contributed by atoms with Crippen LogP contribution in [0.3, 0.4) is 0 Å². The number of hydrogen-bond acceptors (Lipinski definition) is 3. The number of hydrogen-bond donors (Lipinski definition) is 1. The first-order valence-corrected chi connectivity index (χ1v) is 5.71. The molecule has 1 aromatic rings. The lowest BCUT2D eigenvalue weighted by Gasteiger charge is -2.11. The molecule has 0 saturated heterocycles. The maximum Gasteiger partial charge on any atom is 0.0790 e.